The van der Waals surface area contributed by atoms with Gasteiger partial charge >= 0.3 is 11.9 Å². The van der Waals surface area contributed by atoms with Gasteiger partial charge < -0.3 is 34.6 Å². The molecule has 2 atom stereocenters. The first-order valence-electron chi connectivity index (χ1n) is 14.6. The molecule has 43 heavy (non-hydrogen) atoms. The van der Waals surface area contributed by atoms with Gasteiger partial charge in [-0.25, -0.2) is 9.59 Å². The summed E-state index contributed by atoms with van der Waals surface area (Å²) < 4.78 is 16.0. The largest absolute Gasteiger partial charge is 0.497 e. The van der Waals surface area contributed by atoms with Gasteiger partial charge in [0.2, 0.25) is 0 Å². The molecular weight excluding hydrogens is 552 g/mol. The number of carboxylic acid groups (broad SMARTS) is 2. The number of methoxy groups -OCH3 is 1. The molecule has 0 bridgehead atoms. The maximum absolute atomic E-state index is 13.3. The molecular formula is C33H42N2O8. The highest BCUT2D eigenvalue weighted by Crippen LogP contribution is 2.18. The Hall–Kier alpha value is -4.15. The normalized spacial score (nSPS) is 12.4. The number of nitrogens with zero attached hydrogens (tertiary/aromatic N) is 1. The predicted octanol–water partition coefficient (Wildman–Crippen LogP) is 4.85. The molecule has 3 N–H and O–H groups in total. The molecule has 10 heteroatoms. The standard InChI is InChI=1S/C33H42N2O8/c1-35(20-8-3-4-10-24-13-14-25-11-5-6-12-26(25)22-24)32(38)30(31(33(39)40)43-23-29(36)37)42-21-9-7-19-34-27-15-17-28(41-2)18-16-27/h5-6,11-18,22,30-31,34H,3-4,7-10,19-21,23H2,1-2H3,(H,36,37)(H,39,40). The summed E-state index contributed by atoms with van der Waals surface area (Å²) in [5, 5.41) is 24.4. The summed E-state index contributed by atoms with van der Waals surface area (Å²) in [7, 11) is 3.20. The van der Waals surface area contributed by atoms with Gasteiger partial charge in [0.25, 0.3) is 5.91 Å². The van der Waals surface area contributed by atoms with Crippen molar-refractivity contribution in [2.24, 2.45) is 0 Å². The second-order valence-corrected chi connectivity index (χ2v) is 10.4. The van der Waals surface area contributed by atoms with E-state index in [1.807, 2.05) is 36.4 Å². The van der Waals surface area contributed by atoms with Crippen LogP contribution in [0.25, 0.3) is 10.8 Å². The Morgan fingerprint density at radius 3 is 2.28 bits per heavy atom. The molecule has 0 aliphatic heterocycles. The Morgan fingerprint density at radius 2 is 1.58 bits per heavy atom. The molecule has 2 unspecified atom stereocenters. The molecule has 0 radical (unpaired) electrons. The third-order valence-corrected chi connectivity index (χ3v) is 7.08. The van der Waals surface area contributed by atoms with Gasteiger partial charge in [0.05, 0.1) is 7.11 Å². The fourth-order valence-electron chi connectivity index (χ4n) is 4.69. The lowest BCUT2D eigenvalue weighted by Gasteiger charge is -2.27. The molecule has 0 spiro atoms. The van der Waals surface area contributed by atoms with Crippen LogP contribution in [0.5, 0.6) is 5.75 Å². The molecule has 0 aliphatic carbocycles. The van der Waals surface area contributed by atoms with Gasteiger partial charge in [0.1, 0.15) is 12.4 Å². The SMILES string of the molecule is COc1ccc(NCCCCOC(C(=O)N(C)CCCCCc2ccc3ccccc3c2)C(OCC(=O)O)C(=O)O)cc1. The van der Waals surface area contributed by atoms with Crippen molar-refractivity contribution in [3.8, 4) is 5.75 Å². The van der Waals surface area contributed by atoms with Crippen LogP contribution in [0.15, 0.2) is 66.7 Å². The summed E-state index contributed by atoms with van der Waals surface area (Å²) in [5.41, 5.74) is 2.19. The van der Waals surface area contributed by atoms with E-state index < -0.39 is 36.7 Å². The van der Waals surface area contributed by atoms with Crippen molar-refractivity contribution < 1.29 is 38.8 Å². The van der Waals surface area contributed by atoms with E-state index in [0.29, 0.717) is 25.9 Å². The van der Waals surface area contributed by atoms with E-state index in [1.54, 1.807) is 14.2 Å². The summed E-state index contributed by atoms with van der Waals surface area (Å²) >= 11 is 0. The van der Waals surface area contributed by atoms with Gasteiger partial charge in [0.15, 0.2) is 12.2 Å². The second kappa shape index (κ2) is 17.7. The number of hydrogen-bond donors (Lipinski definition) is 3. The van der Waals surface area contributed by atoms with Crippen molar-refractivity contribution in [3.05, 3.63) is 72.3 Å². The first-order valence-corrected chi connectivity index (χ1v) is 14.6. The molecule has 0 aliphatic rings. The van der Waals surface area contributed by atoms with Crippen LogP contribution < -0.4 is 10.1 Å². The maximum atomic E-state index is 13.3. The van der Waals surface area contributed by atoms with Crippen LogP contribution in [0.3, 0.4) is 0 Å². The summed E-state index contributed by atoms with van der Waals surface area (Å²) in [6.07, 6.45) is 1.54. The molecule has 0 aromatic heterocycles. The number of amides is 1. The number of rotatable bonds is 20. The predicted molar refractivity (Wildman–Crippen MR) is 165 cm³/mol. The van der Waals surface area contributed by atoms with E-state index in [0.717, 1.165) is 37.1 Å². The molecule has 10 nitrogen and oxygen atoms in total. The summed E-state index contributed by atoms with van der Waals surface area (Å²) in [5.74, 6) is -2.58. The summed E-state index contributed by atoms with van der Waals surface area (Å²) in [6.45, 7) is 0.313. The molecule has 0 saturated carbocycles. The number of ether oxygens (including phenoxy) is 3. The van der Waals surface area contributed by atoms with Crippen molar-refractivity contribution in [1.29, 1.82) is 0 Å². The molecule has 0 fully saturated rings. The summed E-state index contributed by atoms with van der Waals surface area (Å²) in [4.78, 5) is 37.7. The lowest BCUT2D eigenvalue weighted by Crippen LogP contribution is -2.50. The van der Waals surface area contributed by atoms with Crippen molar-refractivity contribution in [2.75, 3.05) is 45.8 Å². The number of aryl methyl sites for hydroxylation is 1. The fourth-order valence-corrected chi connectivity index (χ4v) is 4.69. The number of anilines is 1. The average Bonchev–Trinajstić information content (AvgIpc) is 3.01. The minimum absolute atomic E-state index is 0.112. The van der Waals surface area contributed by atoms with Crippen molar-refractivity contribution in [3.63, 3.8) is 0 Å². The number of carbonyl (C=O) groups excluding carboxylic acids is 1. The number of likely N-dealkylation sites (N-methyl/N-ethyl adjacent to an activating group) is 1. The monoisotopic (exact) mass is 594 g/mol. The van der Waals surface area contributed by atoms with Crippen molar-refractivity contribution in [1.82, 2.24) is 4.90 Å². The van der Waals surface area contributed by atoms with Gasteiger partial charge in [0, 0.05) is 32.4 Å². The van der Waals surface area contributed by atoms with Crippen molar-refractivity contribution >= 4 is 34.3 Å². The van der Waals surface area contributed by atoms with E-state index >= 15 is 0 Å². The van der Waals surface area contributed by atoms with Crippen LogP contribution in [0.1, 0.15) is 37.7 Å². The summed E-state index contributed by atoms with van der Waals surface area (Å²) in [6, 6.07) is 22.2. The van der Waals surface area contributed by atoms with Crippen LogP contribution in [0.2, 0.25) is 0 Å². The van der Waals surface area contributed by atoms with E-state index in [4.69, 9.17) is 19.3 Å². The molecule has 3 aromatic carbocycles. The quantitative estimate of drug-likeness (QED) is 0.157. The molecule has 0 heterocycles. The highest BCUT2D eigenvalue weighted by Gasteiger charge is 2.37. The highest BCUT2D eigenvalue weighted by molar-refractivity contribution is 5.88. The molecule has 232 valence electrons. The van der Waals surface area contributed by atoms with E-state index in [-0.39, 0.29) is 6.61 Å². The minimum atomic E-state index is -1.74. The fraction of sp³-hybridized carbons (Fsp3) is 0.424. The van der Waals surface area contributed by atoms with Crippen LogP contribution in [-0.2, 0) is 30.3 Å². The highest BCUT2D eigenvalue weighted by atomic mass is 16.6. The third-order valence-electron chi connectivity index (χ3n) is 7.08. The number of nitrogens with one attached hydrogen (secondary N) is 1. The van der Waals surface area contributed by atoms with E-state index in [1.165, 1.54) is 21.2 Å². The van der Waals surface area contributed by atoms with Gasteiger partial charge in [-0.1, -0.05) is 48.9 Å². The number of fused-ring (bicyclic) bond motifs is 1. The van der Waals surface area contributed by atoms with Crippen molar-refractivity contribution in [2.45, 2.75) is 50.7 Å². The van der Waals surface area contributed by atoms with Crippen LogP contribution >= 0.6 is 0 Å². The Balaban J connectivity index is 1.47. The van der Waals surface area contributed by atoms with Gasteiger partial charge in [-0.05, 0) is 72.7 Å². The topological polar surface area (TPSA) is 135 Å². The molecule has 3 rings (SSSR count). The van der Waals surface area contributed by atoms with Gasteiger partial charge in [-0.2, -0.15) is 0 Å². The Kier molecular flexibility index (Phi) is 13.7. The maximum Gasteiger partial charge on any atom is 0.336 e. The van der Waals surface area contributed by atoms with E-state index in [9.17, 15) is 19.5 Å². The minimum Gasteiger partial charge on any atom is -0.497 e. The average molecular weight is 595 g/mol. The van der Waals surface area contributed by atoms with Gasteiger partial charge in [-0.3, -0.25) is 4.79 Å². The van der Waals surface area contributed by atoms with Gasteiger partial charge in [-0.15, -0.1) is 0 Å². The Morgan fingerprint density at radius 1 is 0.837 bits per heavy atom. The number of carbonyl (C=O) groups is 3. The van der Waals surface area contributed by atoms with Crippen LogP contribution in [0.4, 0.5) is 5.69 Å². The lowest BCUT2D eigenvalue weighted by molar-refractivity contribution is -0.175. The zero-order valence-electron chi connectivity index (χ0n) is 24.9. The first kappa shape index (κ1) is 33.4. The zero-order chi connectivity index (χ0) is 31.0. The Labute approximate surface area is 252 Å². The molecule has 1 amide bonds. The number of carboxylic acids is 2. The second-order valence-electron chi connectivity index (χ2n) is 10.4. The van der Waals surface area contributed by atoms with Crippen LogP contribution in [-0.4, -0.2) is 85.6 Å². The molecule has 0 saturated heterocycles. The van der Waals surface area contributed by atoms with Crippen LogP contribution in [0, 0.1) is 0 Å². The first-order chi connectivity index (χ1) is 20.8. The third kappa shape index (κ3) is 11.2. The Bertz CT molecular complexity index is 1310. The lowest BCUT2D eigenvalue weighted by atomic mass is 10.0. The number of hydrogen-bond acceptors (Lipinski definition) is 7. The zero-order valence-corrected chi connectivity index (χ0v) is 24.9. The number of aliphatic carboxylic acids is 2. The molecule has 3 aromatic rings. The van der Waals surface area contributed by atoms with E-state index in [2.05, 4.69) is 35.6 Å². The number of benzene rings is 3. The number of unbranched alkanes of at least 4 members (excludes halogenated alkanes) is 3. The smallest absolute Gasteiger partial charge is 0.336 e.